The number of carbonyl (C=O) groups is 1. The monoisotopic (exact) mass is 401 g/mol. The Bertz CT molecular complexity index is 470. The zero-order chi connectivity index (χ0) is 19.0. The van der Waals surface area contributed by atoms with E-state index in [0.717, 1.165) is 57.8 Å². The third-order valence-corrected chi connectivity index (χ3v) is 4.47. The number of allylic oxidation sites excluding steroid dienone is 1. The van der Waals surface area contributed by atoms with Gasteiger partial charge in [-0.1, -0.05) is 64.0 Å². The Kier molecular flexibility index (Phi) is 20.1. The van der Waals surface area contributed by atoms with E-state index in [1.807, 2.05) is 12.2 Å². The molecule has 6 nitrogen and oxygen atoms in total. The average molecular weight is 402 g/mol. The van der Waals surface area contributed by atoms with Gasteiger partial charge in [0.25, 0.3) is 0 Å². The van der Waals surface area contributed by atoms with Crippen molar-refractivity contribution in [2.75, 3.05) is 0 Å². The topological polar surface area (TPSA) is 104 Å². The van der Waals surface area contributed by atoms with E-state index < -0.39 is 22.5 Å². The van der Waals surface area contributed by atoms with Crippen molar-refractivity contribution >= 4 is 16.4 Å². The standard InChI is InChI=1S/C18H34O6S.Na/c1-2-3-4-11-14-17(24-25(21,22)23)15-12-9-7-5-6-8-10-13-16-18(19)20;/h9,12,17H,2-8,10-11,13-16H2,1H3,(H,19,20)(H,21,22,23);/q;+1/b12-9-;/t17-;/m1./s1. The van der Waals surface area contributed by atoms with Gasteiger partial charge in [0.15, 0.2) is 0 Å². The fourth-order valence-corrected chi connectivity index (χ4v) is 3.12. The predicted molar refractivity (Wildman–Crippen MR) is 97.4 cm³/mol. The van der Waals surface area contributed by atoms with Crippen LogP contribution in [-0.2, 0) is 19.4 Å². The van der Waals surface area contributed by atoms with Gasteiger partial charge in [0.1, 0.15) is 0 Å². The molecule has 148 valence electrons. The van der Waals surface area contributed by atoms with Crippen LogP contribution in [0, 0.1) is 0 Å². The molecular formula is C18H34NaO6S+. The first kappa shape index (κ1) is 28.3. The van der Waals surface area contributed by atoms with Crippen LogP contribution >= 0.6 is 0 Å². The molecule has 0 aliphatic carbocycles. The number of rotatable bonds is 17. The first-order chi connectivity index (χ1) is 11.8. The zero-order valence-electron chi connectivity index (χ0n) is 17.3. The van der Waals surface area contributed by atoms with Gasteiger partial charge in [-0.15, -0.1) is 0 Å². The number of carboxylic acid groups (broad SMARTS) is 1. The first-order valence-corrected chi connectivity index (χ1v) is 10.7. The van der Waals surface area contributed by atoms with Crippen LogP contribution in [0.5, 0.6) is 0 Å². The molecule has 0 amide bonds. The molecule has 1 atom stereocenters. The molecule has 0 aromatic carbocycles. The Balaban J connectivity index is -0.00000288. The van der Waals surface area contributed by atoms with Gasteiger partial charge in [-0.25, -0.2) is 4.18 Å². The van der Waals surface area contributed by atoms with E-state index in [1.54, 1.807) is 0 Å². The van der Waals surface area contributed by atoms with Gasteiger partial charge in [0.2, 0.25) is 0 Å². The molecule has 0 saturated heterocycles. The van der Waals surface area contributed by atoms with Gasteiger partial charge in [0.05, 0.1) is 6.10 Å². The summed E-state index contributed by atoms with van der Waals surface area (Å²) in [6.45, 7) is 2.11. The number of hydrogen-bond acceptors (Lipinski definition) is 5. The minimum atomic E-state index is -4.41. The second kappa shape index (κ2) is 18.4. The summed E-state index contributed by atoms with van der Waals surface area (Å²) in [5.74, 6) is -0.987. The molecule has 0 radical (unpaired) electrons. The maximum Gasteiger partial charge on any atom is 1.00 e. The van der Waals surface area contributed by atoms with Gasteiger partial charge in [-0.2, -0.15) is 8.42 Å². The summed E-state index contributed by atoms with van der Waals surface area (Å²) in [7, 11) is -4.41. The SMILES string of the molecule is CCCCCC[C@H](C/C=C\CCCCCCCC(=O)[O-])OS(=O)(=O)O.[H+].[Na+]. The molecule has 0 rings (SSSR count). The van der Waals surface area contributed by atoms with Crippen LogP contribution in [0.15, 0.2) is 12.2 Å². The fraction of sp³-hybridized carbons (Fsp3) is 0.833. The first-order valence-electron chi connectivity index (χ1n) is 9.35. The quantitative estimate of drug-likeness (QED) is 0.166. The van der Waals surface area contributed by atoms with E-state index in [2.05, 4.69) is 6.92 Å². The Morgan fingerprint density at radius 3 is 2.31 bits per heavy atom. The van der Waals surface area contributed by atoms with E-state index in [9.17, 15) is 18.3 Å². The van der Waals surface area contributed by atoms with Crippen molar-refractivity contribution in [1.29, 1.82) is 0 Å². The van der Waals surface area contributed by atoms with Crippen LogP contribution in [0.4, 0.5) is 0 Å². The molecule has 0 heterocycles. The molecule has 0 aromatic heterocycles. The van der Waals surface area contributed by atoms with Crippen LogP contribution in [0.25, 0.3) is 0 Å². The van der Waals surface area contributed by atoms with Gasteiger partial charge in [0, 0.05) is 5.97 Å². The van der Waals surface area contributed by atoms with E-state index in [0.29, 0.717) is 19.3 Å². The average Bonchev–Trinajstić information content (AvgIpc) is 2.51. The summed E-state index contributed by atoms with van der Waals surface area (Å²) >= 11 is 0. The molecule has 1 N–H and O–H groups in total. The van der Waals surface area contributed by atoms with Crippen LogP contribution in [0.3, 0.4) is 0 Å². The van der Waals surface area contributed by atoms with E-state index in [1.165, 1.54) is 0 Å². The van der Waals surface area contributed by atoms with Crippen molar-refractivity contribution in [2.45, 2.75) is 96.5 Å². The molecule has 0 saturated carbocycles. The number of unbranched alkanes of at least 4 members (excludes halogenated alkanes) is 8. The minimum Gasteiger partial charge on any atom is -0.550 e. The number of carbonyl (C=O) groups excluding carboxylic acids is 1. The summed E-state index contributed by atoms with van der Waals surface area (Å²) in [6.07, 6.45) is 14.3. The van der Waals surface area contributed by atoms with E-state index in [-0.39, 0.29) is 37.4 Å². The van der Waals surface area contributed by atoms with E-state index in [4.69, 9.17) is 8.74 Å². The molecule has 26 heavy (non-hydrogen) atoms. The Morgan fingerprint density at radius 1 is 1.08 bits per heavy atom. The van der Waals surface area contributed by atoms with Crippen molar-refractivity contribution in [3.8, 4) is 0 Å². The molecule has 0 bridgehead atoms. The second-order valence-corrected chi connectivity index (χ2v) is 7.43. The van der Waals surface area contributed by atoms with Gasteiger partial charge in [-0.3, -0.25) is 4.55 Å². The fourth-order valence-electron chi connectivity index (χ4n) is 2.60. The zero-order valence-corrected chi connectivity index (χ0v) is 19.1. The summed E-state index contributed by atoms with van der Waals surface area (Å²) in [6, 6.07) is 0. The Morgan fingerprint density at radius 2 is 1.69 bits per heavy atom. The molecule has 0 unspecified atom stereocenters. The molecular weight excluding hydrogens is 367 g/mol. The molecule has 8 heteroatoms. The van der Waals surface area contributed by atoms with Crippen LogP contribution in [0.2, 0.25) is 0 Å². The molecule has 0 spiro atoms. The summed E-state index contributed by atoms with van der Waals surface area (Å²) in [5, 5.41) is 10.3. The van der Waals surface area contributed by atoms with Gasteiger partial charge >= 0.3 is 41.4 Å². The van der Waals surface area contributed by atoms with Crippen LogP contribution < -0.4 is 34.7 Å². The second-order valence-electron chi connectivity index (χ2n) is 6.38. The maximum atomic E-state index is 10.9. The predicted octanol–water partition coefficient (Wildman–Crippen LogP) is 0.688. The van der Waals surface area contributed by atoms with E-state index >= 15 is 0 Å². The third kappa shape index (κ3) is 22.1. The Labute approximate surface area is 182 Å². The van der Waals surface area contributed by atoms with Crippen molar-refractivity contribution in [1.82, 2.24) is 0 Å². The summed E-state index contributed by atoms with van der Waals surface area (Å²) < 4.78 is 35.4. The summed E-state index contributed by atoms with van der Waals surface area (Å²) in [5.41, 5.74) is 0. The van der Waals surface area contributed by atoms with Gasteiger partial charge in [-0.05, 0) is 38.5 Å². The normalized spacial score (nSPS) is 12.8. The van der Waals surface area contributed by atoms with Crippen molar-refractivity contribution in [2.24, 2.45) is 0 Å². The number of carboxylic acids is 1. The molecule has 0 aliphatic heterocycles. The Hall–Kier alpha value is 0.0800. The summed E-state index contributed by atoms with van der Waals surface area (Å²) in [4.78, 5) is 10.3. The minimum absolute atomic E-state index is 0. The number of hydrogen-bond donors (Lipinski definition) is 1. The third-order valence-electron chi connectivity index (χ3n) is 3.95. The van der Waals surface area contributed by atoms with Crippen molar-refractivity contribution in [3.63, 3.8) is 0 Å². The maximum absolute atomic E-state index is 10.9. The van der Waals surface area contributed by atoms with Crippen LogP contribution in [-0.4, -0.2) is 25.0 Å². The van der Waals surface area contributed by atoms with Crippen molar-refractivity contribution < 1.29 is 58.0 Å². The number of aliphatic carboxylic acids is 1. The van der Waals surface area contributed by atoms with Gasteiger partial charge < -0.3 is 9.90 Å². The molecule has 0 aliphatic rings. The smallest absolute Gasteiger partial charge is 0.550 e. The largest absolute Gasteiger partial charge is 1.00 e. The van der Waals surface area contributed by atoms with Crippen LogP contribution in [0.1, 0.15) is 91.8 Å². The van der Waals surface area contributed by atoms with Crippen molar-refractivity contribution in [3.05, 3.63) is 12.2 Å². The molecule has 0 aromatic rings. The molecule has 0 fully saturated rings.